The summed E-state index contributed by atoms with van der Waals surface area (Å²) in [6, 6.07) is 8.50. The first-order chi connectivity index (χ1) is 9.81. The average Bonchev–Trinajstić information content (AvgIpc) is 2.88. The summed E-state index contributed by atoms with van der Waals surface area (Å²) in [6.07, 6.45) is 3.82. The Hall–Kier alpha value is -1.55. The van der Waals surface area contributed by atoms with Crippen molar-refractivity contribution in [1.29, 1.82) is 0 Å². The van der Waals surface area contributed by atoms with Crippen LogP contribution >= 0.6 is 0 Å². The van der Waals surface area contributed by atoms with Crippen LogP contribution in [0.25, 0.3) is 11.1 Å². The Morgan fingerprint density at radius 3 is 2.90 bits per heavy atom. The molecule has 1 aliphatic heterocycles. The third kappa shape index (κ3) is 3.31. The van der Waals surface area contributed by atoms with Gasteiger partial charge in [-0.1, -0.05) is 19.1 Å². The van der Waals surface area contributed by atoms with E-state index in [1.165, 1.54) is 32.5 Å². The van der Waals surface area contributed by atoms with E-state index in [2.05, 4.69) is 22.1 Å². The van der Waals surface area contributed by atoms with Gasteiger partial charge in [0.15, 0.2) is 5.58 Å². The summed E-state index contributed by atoms with van der Waals surface area (Å²) in [4.78, 5) is 6.98. The molecule has 1 aromatic heterocycles. The number of nitrogens with one attached hydrogen (secondary N) is 1. The molecule has 2 aromatic rings. The highest BCUT2D eigenvalue weighted by Crippen LogP contribution is 2.18. The number of piperidine rings is 1. The van der Waals surface area contributed by atoms with Crippen LogP contribution in [0.4, 0.5) is 6.01 Å². The van der Waals surface area contributed by atoms with Gasteiger partial charge in [0.1, 0.15) is 5.52 Å². The van der Waals surface area contributed by atoms with Crippen LogP contribution in [0.3, 0.4) is 0 Å². The fourth-order valence-corrected chi connectivity index (χ4v) is 2.73. The van der Waals surface area contributed by atoms with Gasteiger partial charge in [0.25, 0.3) is 6.01 Å². The van der Waals surface area contributed by atoms with Gasteiger partial charge in [0, 0.05) is 6.54 Å². The lowest BCUT2D eigenvalue weighted by atomic mass is 9.99. The normalized spacial score (nSPS) is 17.6. The minimum absolute atomic E-state index is 0.637. The average molecular weight is 273 g/mol. The van der Waals surface area contributed by atoms with Crippen LogP contribution < -0.4 is 5.32 Å². The van der Waals surface area contributed by atoms with E-state index in [1.54, 1.807) is 0 Å². The van der Waals surface area contributed by atoms with E-state index < -0.39 is 0 Å². The predicted octanol–water partition coefficient (Wildman–Crippen LogP) is 3.36. The Labute approximate surface area is 120 Å². The number of hydrogen-bond acceptors (Lipinski definition) is 4. The van der Waals surface area contributed by atoms with Gasteiger partial charge in [-0.15, -0.1) is 0 Å². The van der Waals surface area contributed by atoms with E-state index in [9.17, 15) is 0 Å². The Kier molecular flexibility index (Phi) is 4.21. The highest BCUT2D eigenvalue weighted by atomic mass is 16.4. The third-order valence-electron chi connectivity index (χ3n) is 4.10. The van der Waals surface area contributed by atoms with Crippen LogP contribution in [0.5, 0.6) is 0 Å². The van der Waals surface area contributed by atoms with Gasteiger partial charge >= 0.3 is 0 Å². The molecular weight excluding hydrogens is 250 g/mol. The molecule has 1 aromatic carbocycles. The summed E-state index contributed by atoms with van der Waals surface area (Å²) in [5.74, 6) is 0.907. The molecule has 0 spiro atoms. The summed E-state index contributed by atoms with van der Waals surface area (Å²) < 4.78 is 5.64. The maximum atomic E-state index is 5.64. The lowest BCUT2D eigenvalue weighted by Crippen LogP contribution is -2.34. The van der Waals surface area contributed by atoms with Crippen molar-refractivity contribution in [2.45, 2.75) is 26.2 Å². The molecule has 1 saturated heterocycles. The fraction of sp³-hybridized carbons (Fsp3) is 0.562. The van der Waals surface area contributed by atoms with Gasteiger partial charge in [0.2, 0.25) is 0 Å². The maximum Gasteiger partial charge on any atom is 0.295 e. The van der Waals surface area contributed by atoms with E-state index in [1.807, 2.05) is 24.3 Å². The number of hydrogen-bond donors (Lipinski definition) is 1. The van der Waals surface area contributed by atoms with Crippen molar-refractivity contribution in [2.75, 3.05) is 31.5 Å². The minimum Gasteiger partial charge on any atom is -0.424 e. The first kappa shape index (κ1) is 13.4. The number of anilines is 1. The van der Waals surface area contributed by atoms with Gasteiger partial charge in [-0.3, -0.25) is 0 Å². The van der Waals surface area contributed by atoms with Crippen molar-refractivity contribution in [2.24, 2.45) is 5.92 Å². The summed E-state index contributed by atoms with van der Waals surface area (Å²) in [5.41, 5.74) is 1.76. The Morgan fingerprint density at radius 1 is 1.30 bits per heavy atom. The Morgan fingerprint density at radius 2 is 2.10 bits per heavy atom. The SMILES string of the molecule is CC1CCN(CCCNc2nc3ccccc3o2)CC1. The van der Waals surface area contributed by atoms with E-state index in [-0.39, 0.29) is 0 Å². The lowest BCUT2D eigenvalue weighted by Gasteiger charge is -2.30. The quantitative estimate of drug-likeness (QED) is 0.848. The zero-order valence-electron chi connectivity index (χ0n) is 12.1. The minimum atomic E-state index is 0.637. The molecule has 20 heavy (non-hydrogen) atoms. The molecular formula is C16H23N3O. The van der Waals surface area contributed by atoms with Crippen LogP contribution in [0, 0.1) is 5.92 Å². The van der Waals surface area contributed by atoms with E-state index in [0.717, 1.165) is 30.0 Å². The number of nitrogens with zero attached hydrogens (tertiary/aromatic N) is 2. The van der Waals surface area contributed by atoms with Crippen molar-refractivity contribution in [1.82, 2.24) is 9.88 Å². The smallest absolute Gasteiger partial charge is 0.295 e. The molecule has 4 heteroatoms. The molecule has 0 atom stereocenters. The van der Waals surface area contributed by atoms with E-state index in [4.69, 9.17) is 4.42 Å². The molecule has 1 aliphatic rings. The molecule has 0 radical (unpaired) electrons. The highest BCUT2D eigenvalue weighted by Gasteiger charge is 2.14. The number of likely N-dealkylation sites (tertiary alicyclic amines) is 1. The summed E-state index contributed by atoms with van der Waals surface area (Å²) in [6.45, 7) is 6.94. The number of aromatic nitrogens is 1. The standard InChI is InChI=1S/C16H23N3O/c1-13-7-11-19(12-8-13)10-4-9-17-16-18-14-5-2-3-6-15(14)20-16/h2-3,5-6,13H,4,7-12H2,1H3,(H,17,18). The summed E-state index contributed by atoms with van der Waals surface area (Å²) in [7, 11) is 0. The molecule has 4 nitrogen and oxygen atoms in total. The Bertz CT molecular complexity index is 510. The van der Waals surface area contributed by atoms with Crippen LogP contribution in [0.15, 0.2) is 28.7 Å². The number of para-hydroxylation sites is 2. The van der Waals surface area contributed by atoms with Crippen LogP contribution in [-0.2, 0) is 0 Å². The second kappa shape index (κ2) is 6.27. The summed E-state index contributed by atoms with van der Waals surface area (Å²) in [5, 5.41) is 3.28. The fourth-order valence-electron chi connectivity index (χ4n) is 2.73. The second-order valence-corrected chi connectivity index (χ2v) is 5.79. The van der Waals surface area contributed by atoms with Crippen molar-refractivity contribution in [3.63, 3.8) is 0 Å². The highest BCUT2D eigenvalue weighted by molar-refractivity contribution is 5.74. The molecule has 3 rings (SSSR count). The zero-order chi connectivity index (χ0) is 13.8. The molecule has 0 unspecified atom stereocenters. The van der Waals surface area contributed by atoms with E-state index >= 15 is 0 Å². The van der Waals surface area contributed by atoms with Gasteiger partial charge in [0.05, 0.1) is 0 Å². The zero-order valence-corrected chi connectivity index (χ0v) is 12.1. The van der Waals surface area contributed by atoms with E-state index in [0.29, 0.717) is 6.01 Å². The molecule has 1 fully saturated rings. The molecule has 0 aliphatic carbocycles. The molecule has 0 saturated carbocycles. The molecule has 0 bridgehead atoms. The monoisotopic (exact) mass is 273 g/mol. The van der Waals surface area contributed by atoms with Gasteiger partial charge in [-0.2, -0.15) is 4.98 Å². The maximum absolute atomic E-state index is 5.64. The first-order valence-corrected chi connectivity index (χ1v) is 7.63. The Balaban J connectivity index is 1.41. The van der Waals surface area contributed by atoms with Gasteiger partial charge in [-0.05, 0) is 56.9 Å². The van der Waals surface area contributed by atoms with Crippen molar-refractivity contribution in [3.8, 4) is 0 Å². The first-order valence-electron chi connectivity index (χ1n) is 7.63. The van der Waals surface area contributed by atoms with Crippen molar-refractivity contribution < 1.29 is 4.42 Å². The number of oxazole rings is 1. The van der Waals surface area contributed by atoms with Gasteiger partial charge in [-0.25, -0.2) is 0 Å². The molecule has 0 amide bonds. The molecule has 1 N–H and O–H groups in total. The topological polar surface area (TPSA) is 41.3 Å². The summed E-state index contributed by atoms with van der Waals surface area (Å²) >= 11 is 0. The molecule has 108 valence electrons. The van der Waals surface area contributed by atoms with Crippen molar-refractivity contribution >= 4 is 17.1 Å². The van der Waals surface area contributed by atoms with Crippen LogP contribution in [0.1, 0.15) is 26.2 Å². The third-order valence-corrected chi connectivity index (χ3v) is 4.10. The number of benzene rings is 1. The van der Waals surface area contributed by atoms with Gasteiger partial charge < -0.3 is 14.6 Å². The van der Waals surface area contributed by atoms with Crippen molar-refractivity contribution in [3.05, 3.63) is 24.3 Å². The predicted molar refractivity (Wildman–Crippen MR) is 82.0 cm³/mol. The largest absolute Gasteiger partial charge is 0.424 e. The van der Waals surface area contributed by atoms with Crippen LogP contribution in [-0.4, -0.2) is 36.1 Å². The number of fused-ring (bicyclic) bond motifs is 1. The molecule has 2 heterocycles. The number of rotatable bonds is 5. The second-order valence-electron chi connectivity index (χ2n) is 5.79. The van der Waals surface area contributed by atoms with Crippen LogP contribution in [0.2, 0.25) is 0 Å². The lowest BCUT2D eigenvalue weighted by molar-refractivity contribution is 0.192.